The summed E-state index contributed by atoms with van der Waals surface area (Å²) in [7, 11) is 0. The van der Waals surface area contributed by atoms with Crippen molar-refractivity contribution < 1.29 is 24.2 Å². The van der Waals surface area contributed by atoms with E-state index in [2.05, 4.69) is 10.6 Å². The molecule has 0 fully saturated rings. The van der Waals surface area contributed by atoms with Crippen LogP contribution in [0.15, 0.2) is 24.3 Å². The largest absolute Gasteiger partial charge is 0.480 e. The van der Waals surface area contributed by atoms with Crippen LogP contribution in [0.3, 0.4) is 0 Å². The Morgan fingerprint density at radius 3 is 2.58 bits per heavy atom. The highest BCUT2D eigenvalue weighted by Gasteiger charge is 2.18. The standard InChI is InChI=1S/C12H15FN2O4/c13-9-4-2-1-3-8(9)5-6-14-12(19)15-10(7-16)11(17)18/h1-4,10,16H,5-7H2,(H,17,18)(H2,14,15,19)/t10-/m0/s1. The van der Waals surface area contributed by atoms with Gasteiger partial charge in [0.25, 0.3) is 0 Å². The van der Waals surface area contributed by atoms with Crippen molar-refractivity contribution in [2.75, 3.05) is 13.2 Å². The lowest BCUT2D eigenvalue weighted by Gasteiger charge is -2.12. The van der Waals surface area contributed by atoms with Crippen LogP contribution in [0.25, 0.3) is 0 Å². The van der Waals surface area contributed by atoms with E-state index < -0.39 is 24.6 Å². The van der Waals surface area contributed by atoms with Gasteiger partial charge in [0.05, 0.1) is 6.61 Å². The van der Waals surface area contributed by atoms with E-state index in [0.29, 0.717) is 5.56 Å². The predicted octanol–water partition coefficient (Wildman–Crippen LogP) is 0.113. The summed E-state index contributed by atoms with van der Waals surface area (Å²) in [6.07, 6.45) is 0.289. The van der Waals surface area contributed by atoms with Crippen LogP contribution in [-0.4, -0.2) is 41.4 Å². The summed E-state index contributed by atoms with van der Waals surface area (Å²) < 4.78 is 13.2. The molecule has 1 aromatic rings. The fraction of sp³-hybridized carbons (Fsp3) is 0.333. The number of carboxylic acids is 1. The van der Waals surface area contributed by atoms with Crippen LogP contribution in [-0.2, 0) is 11.2 Å². The van der Waals surface area contributed by atoms with Gasteiger partial charge in [-0.2, -0.15) is 0 Å². The molecular weight excluding hydrogens is 255 g/mol. The van der Waals surface area contributed by atoms with Crippen molar-refractivity contribution >= 4 is 12.0 Å². The van der Waals surface area contributed by atoms with Crippen LogP contribution in [0.4, 0.5) is 9.18 Å². The summed E-state index contributed by atoms with van der Waals surface area (Å²) >= 11 is 0. The Morgan fingerprint density at radius 2 is 2.00 bits per heavy atom. The van der Waals surface area contributed by atoms with E-state index in [4.69, 9.17) is 10.2 Å². The molecule has 2 amide bonds. The molecular formula is C12H15FN2O4. The molecule has 0 heterocycles. The van der Waals surface area contributed by atoms with Crippen molar-refractivity contribution in [1.82, 2.24) is 10.6 Å². The normalized spacial score (nSPS) is 11.7. The van der Waals surface area contributed by atoms with Crippen LogP contribution in [0, 0.1) is 5.82 Å². The number of carboxylic acid groups (broad SMARTS) is 1. The van der Waals surface area contributed by atoms with Gasteiger partial charge in [0.1, 0.15) is 5.82 Å². The average molecular weight is 270 g/mol. The molecule has 7 heteroatoms. The third kappa shape index (κ3) is 4.92. The fourth-order valence-corrected chi connectivity index (χ4v) is 1.41. The van der Waals surface area contributed by atoms with E-state index in [1.807, 2.05) is 0 Å². The minimum Gasteiger partial charge on any atom is -0.480 e. The van der Waals surface area contributed by atoms with Crippen molar-refractivity contribution in [1.29, 1.82) is 0 Å². The van der Waals surface area contributed by atoms with Gasteiger partial charge in [-0.15, -0.1) is 0 Å². The summed E-state index contributed by atoms with van der Waals surface area (Å²) in [5.41, 5.74) is 0.458. The Balaban J connectivity index is 2.35. The molecule has 4 N–H and O–H groups in total. The summed E-state index contributed by atoms with van der Waals surface area (Å²) in [4.78, 5) is 21.9. The first-order valence-corrected chi connectivity index (χ1v) is 5.66. The molecule has 0 aliphatic rings. The van der Waals surface area contributed by atoms with Gasteiger partial charge in [0, 0.05) is 6.54 Å². The lowest BCUT2D eigenvalue weighted by atomic mass is 10.1. The molecule has 104 valence electrons. The molecule has 0 spiro atoms. The molecule has 6 nitrogen and oxygen atoms in total. The first kappa shape index (κ1) is 14.9. The van der Waals surface area contributed by atoms with Crippen LogP contribution in [0.2, 0.25) is 0 Å². The number of amides is 2. The molecule has 1 aromatic carbocycles. The average Bonchev–Trinajstić information content (AvgIpc) is 2.38. The van der Waals surface area contributed by atoms with E-state index in [-0.39, 0.29) is 18.8 Å². The van der Waals surface area contributed by atoms with Gasteiger partial charge in [-0.05, 0) is 18.1 Å². The maximum absolute atomic E-state index is 13.2. The van der Waals surface area contributed by atoms with Crippen LogP contribution in [0.1, 0.15) is 5.56 Å². The lowest BCUT2D eigenvalue weighted by Crippen LogP contribution is -2.48. The Labute approximate surface area is 109 Å². The van der Waals surface area contributed by atoms with Crippen LogP contribution >= 0.6 is 0 Å². The lowest BCUT2D eigenvalue weighted by molar-refractivity contribution is -0.140. The monoisotopic (exact) mass is 270 g/mol. The second kappa shape index (κ2) is 7.32. The number of aliphatic hydroxyl groups excluding tert-OH is 1. The Bertz CT molecular complexity index is 453. The summed E-state index contributed by atoms with van der Waals surface area (Å²) in [6.45, 7) is -0.541. The molecule has 1 atom stereocenters. The highest BCUT2D eigenvalue weighted by molar-refractivity contribution is 5.82. The summed E-state index contributed by atoms with van der Waals surface area (Å²) in [6, 6.07) is 4.10. The number of hydrogen-bond donors (Lipinski definition) is 4. The zero-order chi connectivity index (χ0) is 14.3. The van der Waals surface area contributed by atoms with E-state index in [0.717, 1.165) is 0 Å². The zero-order valence-corrected chi connectivity index (χ0v) is 10.1. The molecule has 1 rings (SSSR count). The number of halogens is 1. The van der Waals surface area contributed by atoms with Crippen LogP contribution < -0.4 is 10.6 Å². The zero-order valence-electron chi connectivity index (χ0n) is 10.1. The SMILES string of the molecule is O=C(NCCc1ccccc1F)N[C@@H](CO)C(=O)O. The molecule has 0 unspecified atom stereocenters. The third-order valence-corrected chi connectivity index (χ3v) is 2.42. The van der Waals surface area contributed by atoms with Crippen molar-refractivity contribution in [2.24, 2.45) is 0 Å². The van der Waals surface area contributed by atoms with Crippen LogP contribution in [0.5, 0.6) is 0 Å². The second-order valence-corrected chi connectivity index (χ2v) is 3.82. The summed E-state index contributed by atoms with van der Waals surface area (Å²) in [5.74, 6) is -1.68. The maximum Gasteiger partial charge on any atom is 0.328 e. The highest BCUT2D eigenvalue weighted by atomic mass is 19.1. The van der Waals surface area contributed by atoms with E-state index in [1.165, 1.54) is 6.07 Å². The predicted molar refractivity (Wildman–Crippen MR) is 65.1 cm³/mol. The topological polar surface area (TPSA) is 98.7 Å². The fourth-order valence-electron chi connectivity index (χ4n) is 1.41. The third-order valence-electron chi connectivity index (χ3n) is 2.42. The molecule has 19 heavy (non-hydrogen) atoms. The number of aliphatic hydroxyl groups is 1. The molecule has 0 aliphatic heterocycles. The van der Waals surface area contributed by atoms with E-state index in [9.17, 15) is 14.0 Å². The molecule has 0 aromatic heterocycles. The van der Waals surface area contributed by atoms with Gasteiger partial charge in [-0.3, -0.25) is 0 Å². The number of carbonyl (C=O) groups is 2. The number of hydrogen-bond acceptors (Lipinski definition) is 3. The number of benzene rings is 1. The quantitative estimate of drug-likeness (QED) is 0.589. The van der Waals surface area contributed by atoms with Crippen molar-refractivity contribution in [2.45, 2.75) is 12.5 Å². The number of nitrogens with one attached hydrogen (secondary N) is 2. The molecule has 0 radical (unpaired) electrons. The van der Waals surface area contributed by atoms with Gasteiger partial charge in [-0.1, -0.05) is 18.2 Å². The molecule has 0 bridgehead atoms. The Kier molecular flexibility index (Phi) is 5.74. The molecule has 0 aliphatic carbocycles. The maximum atomic E-state index is 13.2. The second-order valence-electron chi connectivity index (χ2n) is 3.82. The minimum absolute atomic E-state index is 0.157. The smallest absolute Gasteiger partial charge is 0.328 e. The Morgan fingerprint density at radius 1 is 1.32 bits per heavy atom. The van der Waals surface area contributed by atoms with Gasteiger partial charge < -0.3 is 20.8 Å². The molecule has 0 saturated heterocycles. The number of aliphatic carboxylic acids is 1. The minimum atomic E-state index is -1.35. The van der Waals surface area contributed by atoms with Gasteiger partial charge in [0.15, 0.2) is 6.04 Å². The number of rotatable bonds is 6. The van der Waals surface area contributed by atoms with Crippen molar-refractivity contribution in [3.63, 3.8) is 0 Å². The first-order chi connectivity index (χ1) is 9.04. The van der Waals surface area contributed by atoms with E-state index in [1.54, 1.807) is 18.2 Å². The highest BCUT2D eigenvalue weighted by Crippen LogP contribution is 2.05. The first-order valence-electron chi connectivity index (χ1n) is 5.66. The van der Waals surface area contributed by atoms with Gasteiger partial charge in [-0.25, -0.2) is 14.0 Å². The van der Waals surface area contributed by atoms with Gasteiger partial charge >= 0.3 is 12.0 Å². The number of carbonyl (C=O) groups excluding carboxylic acids is 1. The molecule has 0 saturated carbocycles. The van der Waals surface area contributed by atoms with E-state index >= 15 is 0 Å². The summed E-state index contributed by atoms with van der Waals surface area (Å²) in [5, 5.41) is 21.8. The Hall–Kier alpha value is -2.15. The number of urea groups is 1. The van der Waals surface area contributed by atoms with Crippen molar-refractivity contribution in [3.8, 4) is 0 Å². The van der Waals surface area contributed by atoms with Gasteiger partial charge in [0.2, 0.25) is 0 Å². The van der Waals surface area contributed by atoms with Crippen molar-refractivity contribution in [3.05, 3.63) is 35.6 Å².